The summed E-state index contributed by atoms with van der Waals surface area (Å²) in [5, 5.41) is 10.5. The zero-order chi connectivity index (χ0) is 12.6. The van der Waals surface area contributed by atoms with Crippen molar-refractivity contribution in [1.82, 2.24) is 0 Å². The number of aromatic hydroxyl groups is 1. The van der Waals surface area contributed by atoms with Crippen molar-refractivity contribution in [3.8, 4) is 5.75 Å². The van der Waals surface area contributed by atoms with Crippen LogP contribution in [0.3, 0.4) is 0 Å². The van der Waals surface area contributed by atoms with Crippen molar-refractivity contribution in [2.45, 2.75) is 57.9 Å². The van der Waals surface area contributed by atoms with Crippen LogP contribution in [0.5, 0.6) is 5.75 Å². The maximum absolute atomic E-state index is 10.5. The minimum atomic E-state index is -0.306. The molecule has 1 aliphatic rings. The number of rotatable bonds is 2. The van der Waals surface area contributed by atoms with Crippen LogP contribution < -0.4 is 5.73 Å². The summed E-state index contributed by atoms with van der Waals surface area (Å²) in [4.78, 5) is 0. The smallest absolute Gasteiger partial charge is 0.124 e. The molecule has 0 bridgehead atoms. The zero-order valence-corrected chi connectivity index (χ0v) is 11.1. The van der Waals surface area contributed by atoms with Gasteiger partial charge in [-0.05, 0) is 36.8 Å². The third-order valence-electron chi connectivity index (χ3n) is 4.03. The fourth-order valence-corrected chi connectivity index (χ4v) is 3.06. The first kappa shape index (κ1) is 12.4. The molecule has 2 rings (SSSR count). The third-order valence-corrected chi connectivity index (χ3v) is 4.03. The van der Waals surface area contributed by atoms with Crippen molar-refractivity contribution in [2.24, 2.45) is 5.73 Å². The molecule has 0 atom stereocenters. The largest absolute Gasteiger partial charge is 0.507 e. The monoisotopic (exact) mass is 233 g/mol. The molecule has 1 fully saturated rings. The Morgan fingerprint density at radius 2 is 1.82 bits per heavy atom. The summed E-state index contributed by atoms with van der Waals surface area (Å²) in [5.74, 6) is 0.767. The second kappa shape index (κ2) is 4.34. The number of hydrogen-bond acceptors (Lipinski definition) is 2. The molecule has 0 aromatic heterocycles. The molecule has 0 saturated heterocycles. The van der Waals surface area contributed by atoms with Gasteiger partial charge in [-0.15, -0.1) is 0 Å². The first-order chi connectivity index (χ1) is 7.96. The highest BCUT2D eigenvalue weighted by molar-refractivity contribution is 5.50. The normalized spacial score (nSPS) is 18.9. The molecular weight excluding hydrogens is 210 g/mol. The van der Waals surface area contributed by atoms with Crippen LogP contribution in [0.4, 0.5) is 0 Å². The molecule has 0 amide bonds. The van der Waals surface area contributed by atoms with E-state index in [-0.39, 0.29) is 5.54 Å². The van der Waals surface area contributed by atoms with Gasteiger partial charge in [-0.3, -0.25) is 0 Å². The van der Waals surface area contributed by atoms with Crippen molar-refractivity contribution in [3.63, 3.8) is 0 Å². The molecule has 1 saturated carbocycles. The fraction of sp³-hybridized carbons (Fsp3) is 0.600. The number of aryl methyl sites for hydroxylation is 1. The molecule has 0 unspecified atom stereocenters. The predicted octanol–water partition coefficient (Wildman–Crippen LogP) is 3.55. The molecule has 94 valence electrons. The van der Waals surface area contributed by atoms with E-state index in [1.54, 1.807) is 0 Å². The van der Waals surface area contributed by atoms with Gasteiger partial charge in [0.15, 0.2) is 0 Å². The fourth-order valence-electron chi connectivity index (χ4n) is 3.06. The van der Waals surface area contributed by atoms with Gasteiger partial charge < -0.3 is 10.8 Å². The molecule has 17 heavy (non-hydrogen) atoms. The number of phenols is 1. The Morgan fingerprint density at radius 3 is 2.35 bits per heavy atom. The molecule has 1 aromatic rings. The van der Waals surface area contributed by atoms with Crippen LogP contribution in [0.1, 0.15) is 62.1 Å². The van der Waals surface area contributed by atoms with Crippen molar-refractivity contribution >= 4 is 0 Å². The SMILES string of the molecule is Cc1ccc(C(C)C)c(O)c1C1(N)CCCC1. The number of benzene rings is 1. The predicted molar refractivity (Wildman–Crippen MR) is 71.3 cm³/mol. The van der Waals surface area contributed by atoms with E-state index in [0.29, 0.717) is 11.7 Å². The molecule has 0 heterocycles. The highest BCUT2D eigenvalue weighted by Crippen LogP contribution is 2.44. The van der Waals surface area contributed by atoms with Gasteiger partial charge in [-0.1, -0.05) is 38.8 Å². The van der Waals surface area contributed by atoms with E-state index < -0.39 is 0 Å². The maximum atomic E-state index is 10.5. The van der Waals surface area contributed by atoms with Gasteiger partial charge in [-0.25, -0.2) is 0 Å². The summed E-state index contributed by atoms with van der Waals surface area (Å²) in [6.45, 7) is 6.25. The van der Waals surface area contributed by atoms with Gasteiger partial charge in [0.1, 0.15) is 5.75 Å². The maximum Gasteiger partial charge on any atom is 0.124 e. The Morgan fingerprint density at radius 1 is 1.24 bits per heavy atom. The van der Waals surface area contributed by atoms with E-state index in [1.165, 1.54) is 12.8 Å². The molecule has 0 spiro atoms. The highest BCUT2D eigenvalue weighted by atomic mass is 16.3. The molecular formula is C15H23NO. The van der Waals surface area contributed by atoms with E-state index in [9.17, 15) is 5.11 Å². The number of nitrogens with two attached hydrogens (primary N) is 1. The van der Waals surface area contributed by atoms with Crippen LogP contribution in [0.25, 0.3) is 0 Å². The molecule has 2 heteroatoms. The second-order valence-corrected chi connectivity index (χ2v) is 5.71. The van der Waals surface area contributed by atoms with Gasteiger partial charge in [0.25, 0.3) is 0 Å². The van der Waals surface area contributed by atoms with Crippen LogP contribution in [-0.2, 0) is 5.54 Å². The molecule has 2 nitrogen and oxygen atoms in total. The van der Waals surface area contributed by atoms with Gasteiger partial charge in [-0.2, -0.15) is 0 Å². The van der Waals surface area contributed by atoms with Gasteiger partial charge >= 0.3 is 0 Å². The van der Waals surface area contributed by atoms with E-state index in [2.05, 4.69) is 19.9 Å². The summed E-state index contributed by atoms with van der Waals surface area (Å²) in [5.41, 5.74) is 9.31. The molecule has 1 aromatic carbocycles. The minimum Gasteiger partial charge on any atom is -0.507 e. The lowest BCUT2D eigenvalue weighted by molar-refractivity contribution is 0.401. The summed E-state index contributed by atoms with van der Waals surface area (Å²) >= 11 is 0. The topological polar surface area (TPSA) is 46.2 Å². The average Bonchev–Trinajstić information content (AvgIpc) is 2.65. The molecule has 0 aliphatic heterocycles. The van der Waals surface area contributed by atoms with Crippen LogP contribution in [0.15, 0.2) is 12.1 Å². The summed E-state index contributed by atoms with van der Waals surface area (Å²) < 4.78 is 0. The first-order valence-corrected chi connectivity index (χ1v) is 6.57. The standard InChI is InChI=1S/C15H23NO/c1-10(2)12-7-6-11(3)13(14(12)17)15(16)8-4-5-9-15/h6-7,10,17H,4-5,8-9,16H2,1-3H3. The van der Waals surface area contributed by atoms with Gasteiger partial charge in [0.2, 0.25) is 0 Å². The van der Waals surface area contributed by atoms with Crippen molar-refractivity contribution < 1.29 is 5.11 Å². The number of phenolic OH excluding ortho intramolecular Hbond substituents is 1. The lowest BCUT2D eigenvalue weighted by atomic mass is 9.83. The Bertz CT molecular complexity index is 417. The van der Waals surface area contributed by atoms with Crippen LogP contribution in [0, 0.1) is 6.92 Å². The Hall–Kier alpha value is -1.02. The van der Waals surface area contributed by atoms with Crippen LogP contribution >= 0.6 is 0 Å². The first-order valence-electron chi connectivity index (χ1n) is 6.57. The Kier molecular flexibility index (Phi) is 3.17. The van der Waals surface area contributed by atoms with Gasteiger partial charge in [0, 0.05) is 11.1 Å². The van der Waals surface area contributed by atoms with E-state index in [1.807, 2.05) is 13.0 Å². The van der Waals surface area contributed by atoms with Crippen molar-refractivity contribution in [1.29, 1.82) is 0 Å². The molecule has 1 aliphatic carbocycles. The zero-order valence-electron chi connectivity index (χ0n) is 11.1. The second-order valence-electron chi connectivity index (χ2n) is 5.71. The lowest BCUT2D eigenvalue weighted by Crippen LogP contribution is -2.34. The Balaban J connectivity index is 2.56. The van der Waals surface area contributed by atoms with E-state index in [0.717, 1.165) is 29.5 Å². The summed E-state index contributed by atoms with van der Waals surface area (Å²) in [6, 6.07) is 4.12. The Labute approximate surface area is 104 Å². The van der Waals surface area contributed by atoms with Crippen LogP contribution in [0.2, 0.25) is 0 Å². The molecule has 0 radical (unpaired) electrons. The van der Waals surface area contributed by atoms with Gasteiger partial charge in [0.05, 0.1) is 0 Å². The minimum absolute atomic E-state index is 0.306. The van der Waals surface area contributed by atoms with Crippen molar-refractivity contribution in [2.75, 3.05) is 0 Å². The summed E-state index contributed by atoms with van der Waals surface area (Å²) in [6.07, 6.45) is 4.31. The van der Waals surface area contributed by atoms with Crippen LogP contribution in [-0.4, -0.2) is 5.11 Å². The highest BCUT2D eigenvalue weighted by Gasteiger charge is 2.35. The van der Waals surface area contributed by atoms with E-state index >= 15 is 0 Å². The average molecular weight is 233 g/mol. The molecule has 3 N–H and O–H groups in total. The third kappa shape index (κ3) is 2.06. The van der Waals surface area contributed by atoms with E-state index in [4.69, 9.17) is 5.73 Å². The summed E-state index contributed by atoms with van der Waals surface area (Å²) in [7, 11) is 0. The lowest BCUT2D eigenvalue weighted by Gasteiger charge is -2.28. The number of hydrogen-bond donors (Lipinski definition) is 2. The quantitative estimate of drug-likeness (QED) is 0.820. The van der Waals surface area contributed by atoms with Crippen molar-refractivity contribution in [3.05, 3.63) is 28.8 Å².